The molecule has 0 aromatic heterocycles. The van der Waals surface area contributed by atoms with Crippen LogP contribution in [0.3, 0.4) is 0 Å². The van der Waals surface area contributed by atoms with Crippen LogP contribution in [0.5, 0.6) is 0 Å². The summed E-state index contributed by atoms with van der Waals surface area (Å²) in [6, 6.07) is 6.88. The number of nitrogens with one attached hydrogen (secondary N) is 1. The average molecular weight is 267 g/mol. The molecule has 0 fully saturated rings. The lowest BCUT2D eigenvalue weighted by Gasteiger charge is -2.10. The minimum atomic E-state index is -3.33. The van der Waals surface area contributed by atoms with E-state index in [1.165, 1.54) is 0 Å². The van der Waals surface area contributed by atoms with Gasteiger partial charge in [-0.1, -0.05) is 17.9 Å². The van der Waals surface area contributed by atoms with Gasteiger partial charge in [0.15, 0.2) is 0 Å². The Balaban J connectivity index is 2.88. The molecule has 1 rings (SSSR count). The zero-order valence-electron chi connectivity index (χ0n) is 10.5. The molecule has 0 saturated heterocycles. The van der Waals surface area contributed by atoms with Crippen molar-refractivity contribution in [2.45, 2.75) is 25.5 Å². The first kappa shape index (κ1) is 14.6. The molecule has 5 heteroatoms. The summed E-state index contributed by atoms with van der Waals surface area (Å²) in [7, 11) is -3.33. The van der Waals surface area contributed by atoms with E-state index in [-0.39, 0.29) is 6.61 Å². The maximum Gasteiger partial charge on any atom is 0.235 e. The molecule has 0 bridgehead atoms. The van der Waals surface area contributed by atoms with E-state index in [1.807, 2.05) is 0 Å². The third-order valence-electron chi connectivity index (χ3n) is 2.21. The number of hydrogen-bond acceptors (Lipinski definition) is 3. The minimum Gasteiger partial charge on any atom is -0.395 e. The molecule has 0 aliphatic carbocycles. The highest BCUT2D eigenvalue weighted by molar-refractivity contribution is 7.93. The molecule has 1 aromatic carbocycles. The number of hydrogen-bond donors (Lipinski definition) is 2. The van der Waals surface area contributed by atoms with Crippen molar-refractivity contribution in [3.63, 3.8) is 0 Å². The van der Waals surface area contributed by atoms with Crippen LogP contribution in [0, 0.1) is 11.8 Å². The second-order valence-electron chi connectivity index (χ2n) is 4.05. The van der Waals surface area contributed by atoms with Crippen LogP contribution in [-0.4, -0.2) is 25.4 Å². The van der Waals surface area contributed by atoms with Gasteiger partial charge in [-0.2, -0.15) is 0 Å². The van der Waals surface area contributed by atoms with Gasteiger partial charge in [-0.25, -0.2) is 8.42 Å². The molecule has 0 aliphatic heterocycles. The predicted octanol–water partition coefficient (Wildman–Crippen LogP) is 1.57. The molecule has 4 nitrogen and oxygen atoms in total. The molecule has 0 amide bonds. The van der Waals surface area contributed by atoms with Gasteiger partial charge in [0.05, 0.1) is 11.9 Å². The number of anilines is 1. The van der Waals surface area contributed by atoms with Gasteiger partial charge < -0.3 is 5.11 Å². The smallest absolute Gasteiger partial charge is 0.235 e. The van der Waals surface area contributed by atoms with E-state index in [1.54, 1.807) is 38.1 Å². The lowest BCUT2D eigenvalue weighted by atomic mass is 10.2. The lowest BCUT2D eigenvalue weighted by molar-refractivity contribution is 0.305. The zero-order valence-corrected chi connectivity index (χ0v) is 11.3. The molecular weight excluding hydrogens is 250 g/mol. The summed E-state index contributed by atoms with van der Waals surface area (Å²) in [6.07, 6.45) is 0.405. The molecule has 2 N–H and O–H groups in total. The van der Waals surface area contributed by atoms with Gasteiger partial charge in [0.25, 0.3) is 0 Å². The molecule has 18 heavy (non-hydrogen) atoms. The third kappa shape index (κ3) is 4.40. The Morgan fingerprint density at radius 1 is 1.39 bits per heavy atom. The number of rotatable bonds is 4. The van der Waals surface area contributed by atoms with Crippen LogP contribution in [0.2, 0.25) is 0 Å². The van der Waals surface area contributed by atoms with Crippen molar-refractivity contribution in [3.8, 4) is 11.8 Å². The fourth-order valence-electron chi connectivity index (χ4n) is 1.16. The summed E-state index contributed by atoms with van der Waals surface area (Å²) in [4.78, 5) is 0. The second-order valence-corrected chi connectivity index (χ2v) is 6.29. The van der Waals surface area contributed by atoms with Gasteiger partial charge in [0.1, 0.15) is 0 Å². The van der Waals surface area contributed by atoms with Crippen molar-refractivity contribution in [3.05, 3.63) is 29.8 Å². The van der Waals surface area contributed by atoms with Crippen molar-refractivity contribution in [2.75, 3.05) is 11.3 Å². The van der Waals surface area contributed by atoms with Gasteiger partial charge in [-0.15, -0.1) is 0 Å². The predicted molar refractivity (Wildman–Crippen MR) is 72.7 cm³/mol. The van der Waals surface area contributed by atoms with Crippen LogP contribution in [-0.2, 0) is 10.0 Å². The second kappa shape index (κ2) is 6.43. The Morgan fingerprint density at radius 3 is 2.72 bits per heavy atom. The van der Waals surface area contributed by atoms with E-state index in [2.05, 4.69) is 16.6 Å². The van der Waals surface area contributed by atoms with Crippen molar-refractivity contribution in [1.29, 1.82) is 0 Å². The normalized spacial score (nSPS) is 10.9. The number of aliphatic hydroxyl groups is 1. The maximum absolute atomic E-state index is 11.7. The summed E-state index contributed by atoms with van der Waals surface area (Å²) in [6.45, 7) is 3.26. The summed E-state index contributed by atoms with van der Waals surface area (Å²) < 4.78 is 25.9. The Hall–Kier alpha value is -1.51. The van der Waals surface area contributed by atoms with Crippen molar-refractivity contribution >= 4 is 15.7 Å². The SMILES string of the molecule is CC(C)S(=O)(=O)Nc1cccc(C#CCCO)c1. The quantitative estimate of drug-likeness (QED) is 0.814. The highest BCUT2D eigenvalue weighted by Crippen LogP contribution is 2.13. The summed E-state index contributed by atoms with van der Waals surface area (Å²) >= 11 is 0. The van der Waals surface area contributed by atoms with E-state index in [0.29, 0.717) is 17.7 Å². The van der Waals surface area contributed by atoms with Gasteiger partial charge >= 0.3 is 0 Å². The van der Waals surface area contributed by atoms with Crippen molar-refractivity contribution in [2.24, 2.45) is 0 Å². The fourth-order valence-corrected chi connectivity index (χ4v) is 1.85. The largest absolute Gasteiger partial charge is 0.395 e. The Kier molecular flexibility index (Phi) is 5.20. The van der Waals surface area contributed by atoms with Gasteiger partial charge in [-0.3, -0.25) is 4.72 Å². The monoisotopic (exact) mass is 267 g/mol. The summed E-state index contributed by atoms with van der Waals surface area (Å²) in [5.74, 6) is 5.64. The van der Waals surface area contributed by atoms with E-state index in [4.69, 9.17) is 5.11 Å². The first-order chi connectivity index (χ1) is 8.45. The molecule has 0 aliphatic rings. The van der Waals surface area contributed by atoms with Gasteiger partial charge in [-0.05, 0) is 32.0 Å². The topological polar surface area (TPSA) is 66.4 Å². The summed E-state index contributed by atoms with van der Waals surface area (Å²) in [5.41, 5.74) is 1.21. The van der Waals surface area contributed by atoms with Crippen LogP contribution in [0.4, 0.5) is 5.69 Å². The van der Waals surface area contributed by atoms with E-state index >= 15 is 0 Å². The van der Waals surface area contributed by atoms with Crippen LogP contribution in [0.1, 0.15) is 25.8 Å². The lowest BCUT2D eigenvalue weighted by Crippen LogP contribution is -2.22. The number of benzene rings is 1. The van der Waals surface area contributed by atoms with Gasteiger partial charge in [0.2, 0.25) is 10.0 Å². The van der Waals surface area contributed by atoms with Crippen LogP contribution < -0.4 is 4.72 Å². The Morgan fingerprint density at radius 2 is 2.11 bits per heavy atom. The molecule has 0 saturated carbocycles. The van der Waals surface area contributed by atoms with E-state index in [0.717, 1.165) is 0 Å². The average Bonchev–Trinajstić information content (AvgIpc) is 2.29. The van der Waals surface area contributed by atoms with Crippen molar-refractivity contribution < 1.29 is 13.5 Å². The minimum absolute atomic E-state index is 0.0205. The van der Waals surface area contributed by atoms with Crippen LogP contribution in [0.25, 0.3) is 0 Å². The van der Waals surface area contributed by atoms with E-state index in [9.17, 15) is 8.42 Å². The Bertz CT molecular complexity index is 553. The Labute approximate surface area is 108 Å². The van der Waals surface area contributed by atoms with Crippen LogP contribution in [0.15, 0.2) is 24.3 Å². The fraction of sp³-hybridized carbons (Fsp3) is 0.385. The molecule has 98 valence electrons. The molecule has 1 aromatic rings. The van der Waals surface area contributed by atoms with Gasteiger partial charge in [0, 0.05) is 17.7 Å². The summed E-state index contributed by atoms with van der Waals surface area (Å²) in [5, 5.41) is 8.13. The number of aliphatic hydroxyl groups excluding tert-OH is 1. The number of sulfonamides is 1. The highest BCUT2D eigenvalue weighted by Gasteiger charge is 2.15. The van der Waals surface area contributed by atoms with Crippen molar-refractivity contribution in [1.82, 2.24) is 0 Å². The standard InChI is InChI=1S/C13H17NO3S/c1-11(2)18(16,17)14-13-8-5-7-12(10-13)6-3-4-9-15/h5,7-8,10-11,14-15H,4,9H2,1-2H3. The van der Waals surface area contributed by atoms with E-state index < -0.39 is 15.3 Å². The molecular formula is C13H17NO3S. The molecule has 0 spiro atoms. The van der Waals surface area contributed by atoms with Crippen LogP contribution >= 0.6 is 0 Å². The molecule has 0 unspecified atom stereocenters. The first-order valence-corrected chi connectivity index (χ1v) is 7.22. The maximum atomic E-state index is 11.7. The third-order valence-corrected chi connectivity index (χ3v) is 3.97. The molecule has 0 atom stereocenters. The molecule has 0 radical (unpaired) electrons. The molecule has 0 heterocycles. The first-order valence-electron chi connectivity index (χ1n) is 5.67. The highest BCUT2D eigenvalue weighted by atomic mass is 32.2. The zero-order chi connectivity index (χ0) is 13.6.